The van der Waals surface area contributed by atoms with Gasteiger partial charge in [-0.1, -0.05) is 6.07 Å². The van der Waals surface area contributed by atoms with Crippen LogP contribution in [0.2, 0.25) is 0 Å². The van der Waals surface area contributed by atoms with Crippen molar-refractivity contribution in [2.75, 3.05) is 21.9 Å². The van der Waals surface area contributed by atoms with Crippen molar-refractivity contribution in [3.05, 3.63) is 59.2 Å². The van der Waals surface area contributed by atoms with Crippen LogP contribution in [0.4, 0.5) is 24.5 Å². The van der Waals surface area contributed by atoms with Crippen molar-refractivity contribution in [3.63, 3.8) is 0 Å². The average Bonchev–Trinajstić information content (AvgIpc) is 3.05. The zero-order valence-electron chi connectivity index (χ0n) is 14.4. The number of nitrogens with zero attached hydrogens (tertiary/aromatic N) is 1. The van der Waals surface area contributed by atoms with Gasteiger partial charge in [0.25, 0.3) is 5.91 Å². The summed E-state index contributed by atoms with van der Waals surface area (Å²) < 4.78 is 63.8. The maximum atomic E-state index is 12.8. The lowest BCUT2D eigenvalue weighted by atomic mass is 10.1. The van der Waals surface area contributed by atoms with E-state index in [0.29, 0.717) is 24.2 Å². The highest BCUT2D eigenvalue weighted by atomic mass is 32.2. The average molecular weight is 398 g/mol. The Morgan fingerprint density at radius 2 is 1.93 bits per heavy atom. The first-order valence-corrected chi connectivity index (χ1v) is 9.84. The standard InChI is InChI=1S/C18H17F3N2O3S/c1-2-27(25,26)23-9-8-12-10-13(6-7-16(12)23)17(24)22-15-5-3-4-14(11-15)18(19,20)21/h3-7,10-11H,2,8-9H2,1H3,(H,22,24). The first-order chi connectivity index (χ1) is 12.6. The second kappa shape index (κ2) is 6.88. The molecule has 0 saturated carbocycles. The molecule has 0 aliphatic carbocycles. The van der Waals surface area contributed by atoms with Gasteiger partial charge in [-0.25, -0.2) is 8.42 Å². The minimum Gasteiger partial charge on any atom is -0.322 e. The first kappa shape index (κ1) is 19.2. The van der Waals surface area contributed by atoms with Gasteiger partial charge in [-0.15, -0.1) is 0 Å². The van der Waals surface area contributed by atoms with E-state index in [9.17, 15) is 26.4 Å². The van der Waals surface area contributed by atoms with E-state index >= 15 is 0 Å². The Kier molecular flexibility index (Phi) is 4.90. The molecular formula is C18H17F3N2O3S. The quantitative estimate of drug-likeness (QED) is 0.855. The lowest BCUT2D eigenvalue weighted by Crippen LogP contribution is -2.30. The van der Waals surface area contributed by atoms with Gasteiger partial charge in [0.15, 0.2) is 0 Å². The van der Waals surface area contributed by atoms with Crippen LogP contribution in [0.15, 0.2) is 42.5 Å². The third-order valence-electron chi connectivity index (χ3n) is 4.34. The summed E-state index contributed by atoms with van der Waals surface area (Å²) in [4.78, 5) is 12.4. The van der Waals surface area contributed by atoms with E-state index in [4.69, 9.17) is 0 Å². The van der Waals surface area contributed by atoms with E-state index in [1.165, 1.54) is 22.5 Å². The number of hydrogen-bond donors (Lipinski definition) is 1. The predicted molar refractivity (Wildman–Crippen MR) is 96.4 cm³/mol. The molecule has 1 heterocycles. The van der Waals surface area contributed by atoms with Crippen molar-refractivity contribution < 1.29 is 26.4 Å². The molecule has 0 unspecified atom stereocenters. The highest BCUT2D eigenvalue weighted by Crippen LogP contribution is 2.32. The second-order valence-corrected chi connectivity index (χ2v) is 8.28. The highest BCUT2D eigenvalue weighted by Gasteiger charge is 2.31. The third kappa shape index (κ3) is 3.92. The second-order valence-electron chi connectivity index (χ2n) is 6.10. The number of fused-ring (bicyclic) bond motifs is 1. The molecule has 0 atom stereocenters. The predicted octanol–water partition coefficient (Wildman–Crippen LogP) is 3.67. The highest BCUT2D eigenvalue weighted by molar-refractivity contribution is 7.92. The molecule has 1 N–H and O–H groups in total. The van der Waals surface area contributed by atoms with Crippen molar-refractivity contribution in [1.82, 2.24) is 0 Å². The minimum absolute atomic E-state index is 0.0236. The third-order valence-corrected chi connectivity index (χ3v) is 6.12. The van der Waals surface area contributed by atoms with Gasteiger partial charge < -0.3 is 5.32 Å². The van der Waals surface area contributed by atoms with Crippen LogP contribution in [-0.2, 0) is 22.6 Å². The van der Waals surface area contributed by atoms with Crippen molar-refractivity contribution in [1.29, 1.82) is 0 Å². The summed E-state index contributed by atoms with van der Waals surface area (Å²) in [6.07, 6.45) is -4.03. The van der Waals surface area contributed by atoms with Gasteiger partial charge >= 0.3 is 6.18 Å². The Morgan fingerprint density at radius 3 is 2.59 bits per heavy atom. The molecule has 0 aromatic heterocycles. The monoisotopic (exact) mass is 398 g/mol. The lowest BCUT2D eigenvalue weighted by Gasteiger charge is -2.18. The van der Waals surface area contributed by atoms with Crippen LogP contribution in [0.5, 0.6) is 0 Å². The van der Waals surface area contributed by atoms with Crippen LogP contribution in [0, 0.1) is 0 Å². The summed E-state index contributed by atoms with van der Waals surface area (Å²) in [6, 6.07) is 8.96. The number of amides is 1. The number of carbonyl (C=O) groups is 1. The Labute approximate surface area is 154 Å². The van der Waals surface area contributed by atoms with Gasteiger partial charge in [0, 0.05) is 17.8 Å². The van der Waals surface area contributed by atoms with Gasteiger partial charge in [0.1, 0.15) is 0 Å². The van der Waals surface area contributed by atoms with Crippen LogP contribution in [0.3, 0.4) is 0 Å². The number of anilines is 2. The zero-order valence-corrected chi connectivity index (χ0v) is 15.2. The maximum absolute atomic E-state index is 12.8. The van der Waals surface area contributed by atoms with Crippen LogP contribution < -0.4 is 9.62 Å². The molecule has 0 spiro atoms. The minimum atomic E-state index is -4.50. The number of rotatable bonds is 4. The van der Waals surface area contributed by atoms with E-state index in [2.05, 4.69) is 5.32 Å². The van der Waals surface area contributed by atoms with Crippen molar-refractivity contribution in [2.24, 2.45) is 0 Å². The molecule has 0 saturated heterocycles. The molecule has 1 amide bonds. The topological polar surface area (TPSA) is 66.5 Å². The molecule has 0 bridgehead atoms. The summed E-state index contributed by atoms with van der Waals surface area (Å²) in [5.41, 5.74) is 0.679. The van der Waals surface area contributed by atoms with Gasteiger partial charge in [0.2, 0.25) is 10.0 Å². The molecular weight excluding hydrogens is 381 g/mol. The van der Waals surface area contributed by atoms with Gasteiger partial charge in [0.05, 0.1) is 17.0 Å². The molecule has 1 aliphatic heterocycles. The Balaban J connectivity index is 1.82. The first-order valence-electron chi connectivity index (χ1n) is 8.24. The number of hydrogen-bond acceptors (Lipinski definition) is 3. The number of benzene rings is 2. The molecule has 2 aromatic carbocycles. The summed E-state index contributed by atoms with van der Waals surface area (Å²) in [7, 11) is -3.39. The lowest BCUT2D eigenvalue weighted by molar-refractivity contribution is -0.137. The van der Waals surface area contributed by atoms with E-state index < -0.39 is 27.7 Å². The molecule has 0 fully saturated rings. The number of alkyl halides is 3. The summed E-state index contributed by atoms with van der Waals surface area (Å²) in [5, 5.41) is 2.44. The van der Waals surface area contributed by atoms with E-state index in [0.717, 1.165) is 12.1 Å². The Bertz CT molecular complexity index is 988. The zero-order chi connectivity index (χ0) is 19.8. The van der Waals surface area contributed by atoms with E-state index in [1.54, 1.807) is 19.1 Å². The van der Waals surface area contributed by atoms with Gasteiger partial charge in [-0.05, 0) is 55.3 Å². The normalized spacial score (nSPS) is 14.1. The molecule has 144 valence electrons. The van der Waals surface area contributed by atoms with Crippen LogP contribution >= 0.6 is 0 Å². The fraction of sp³-hybridized carbons (Fsp3) is 0.278. The fourth-order valence-electron chi connectivity index (χ4n) is 2.93. The van der Waals surface area contributed by atoms with Crippen LogP contribution in [0.1, 0.15) is 28.4 Å². The van der Waals surface area contributed by atoms with Gasteiger partial charge in [-0.3, -0.25) is 9.10 Å². The van der Waals surface area contributed by atoms with Crippen molar-refractivity contribution >= 4 is 27.3 Å². The Hall–Kier alpha value is -2.55. The van der Waals surface area contributed by atoms with Crippen LogP contribution in [0.25, 0.3) is 0 Å². The van der Waals surface area contributed by atoms with Crippen molar-refractivity contribution in [3.8, 4) is 0 Å². The van der Waals surface area contributed by atoms with Gasteiger partial charge in [-0.2, -0.15) is 13.2 Å². The molecule has 3 rings (SSSR count). The summed E-state index contributed by atoms with van der Waals surface area (Å²) in [5.74, 6) is -0.585. The molecule has 9 heteroatoms. The smallest absolute Gasteiger partial charge is 0.322 e. The molecule has 1 aliphatic rings. The fourth-order valence-corrected chi connectivity index (χ4v) is 4.09. The van der Waals surface area contributed by atoms with E-state index in [-0.39, 0.29) is 17.0 Å². The number of sulfonamides is 1. The summed E-state index contributed by atoms with van der Waals surface area (Å²) >= 11 is 0. The largest absolute Gasteiger partial charge is 0.416 e. The number of halogens is 3. The number of carbonyl (C=O) groups excluding carboxylic acids is 1. The van der Waals surface area contributed by atoms with E-state index in [1.807, 2.05) is 0 Å². The summed E-state index contributed by atoms with van der Waals surface area (Å²) in [6.45, 7) is 1.87. The molecule has 27 heavy (non-hydrogen) atoms. The maximum Gasteiger partial charge on any atom is 0.416 e. The Morgan fingerprint density at radius 1 is 1.19 bits per heavy atom. The van der Waals surface area contributed by atoms with Crippen molar-refractivity contribution in [2.45, 2.75) is 19.5 Å². The SMILES string of the molecule is CCS(=O)(=O)N1CCc2cc(C(=O)Nc3cccc(C(F)(F)F)c3)ccc21. The molecule has 5 nitrogen and oxygen atoms in total. The van der Waals surface area contributed by atoms with Crippen LogP contribution in [-0.4, -0.2) is 26.6 Å². The molecule has 0 radical (unpaired) electrons. The number of nitrogens with one attached hydrogen (secondary N) is 1. The molecule has 2 aromatic rings.